The van der Waals surface area contributed by atoms with Crippen LogP contribution in [0.25, 0.3) is 0 Å². The first kappa shape index (κ1) is 40.8. The molecule has 0 fully saturated rings. The number of ether oxygens (including phenoxy) is 1. The molecule has 0 saturated heterocycles. The number of unbranched alkanes of at least 4 members (excludes halogenated alkanes) is 22. The number of nitrogens with zero attached hydrogens (tertiary/aromatic N) is 1. The molecule has 2 atom stereocenters. The predicted octanol–water partition coefficient (Wildman–Crippen LogP) is 10.6. The first-order valence-electron chi connectivity index (χ1n) is 18.8. The van der Waals surface area contributed by atoms with E-state index in [1.165, 1.54) is 141 Å². The zero-order chi connectivity index (χ0) is 30.1. The molecule has 2 N–H and O–H groups in total. The van der Waals surface area contributed by atoms with Gasteiger partial charge in [-0.25, -0.2) is 0 Å². The molecule has 0 rings (SSSR count). The quantitative estimate of drug-likeness (QED) is 0.0729. The fraction of sp³-hybridized carbons (Fsp3) is 1.00. The standard InChI is InChI=1S/C37H77NO3/c1-4-7-9-11-13-15-17-19-21-23-25-27-29-36(39)34-38(31-33-41-32-6-3)35-37(40)30-28-26-24-22-20-18-16-14-12-10-8-5-2/h36-37,39-40H,4-35H2,1-3H3. The third-order valence-electron chi connectivity index (χ3n) is 8.62. The van der Waals surface area contributed by atoms with E-state index in [0.29, 0.717) is 19.7 Å². The van der Waals surface area contributed by atoms with Gasteiger partial charge in [-0.15, -0.1) is 0 Å². The van der Waals surface area contributed by atoms with Gasteiger partial charge in [0.05, 0.1) is 18.8 Å². The molecule has 41 heavy (non-hydrogen) atoms. The lowest BCUT2D eigenvalue weighted by molar-refractivity contribution is 0.0382. The van der Waals surface area contributed by atoms with Crippen LogP contribution in [0.15, 0.2) is 0 Å². The van der Waals surface area contributed by atoms with Crippen LogP contribution in [0.1, 0.15) is 194 Å². The van der Waals surface area contributed by atoms with Crippen molar-refractivity contribution < 1.29 is 14.9 Å². The highest BCUT2D eigenvalue weighted by Gasteiger charge is 2.16. The first-order chi connectivity index (χ1) is 20.1. The van der Waals surface area contributed by atoms with E-state index in [-0.39, 0.29) is 12.2 Å². The minimum Gasteiger partial charge on any atom is -0.392 e. The predicted molar refractivity (Wildman–Crippen MR) is 181 cm³/mol. The monoisotopic (exact) mass is 584 g/mol. The maximum atomic E-state index is 10.7. The Labute approximate surface area is 258 Å². The van der Waals surface area contributed by atoms with E-state index >= 15 is 0 Å². The number of aliphatic hydroxyl groups excluding tert-OH is 2. The van der Waals surface area contributed by atoms with Gasteiger partial charge in [0.15, 0.2) is 0 Å². The molecule has 0 aliphatic carbocycles. The fourth-order valence-corrected chi connectivity index (χ4v) is 5.92. The van der Waals surface area contributed by atoms with Crippen LogP contribution in [0, 0.1) is 0 Å². The average Bonchev–Trinajstić information content (AvgIpc) is 2.96. The Balaban J connectivity index is 3.92. The van der Waals surface area contributed by atoms with Crippen molar-refractivity contribution in [2.24, 2.45) is 0 Å². The van der Waals surface area contributed by atoms with Crippen LogP contribution in [-0.2, 0) is 4.74 Å². The van der Waals surface area contributed by atoms with Crippen molar-refractivity contribution in [1.82, 2.24) is 4.90 Å². The molecule has 4 heteroatoms. The van der Waals surface area contributed by atoms with Crippen LogP contribution >= 0.6 is 0 Å². The highest BCUT2D eigenvalue weighted by molar-refractivity contribution is 4.70. The Morgan fingerprint density at radius 3 is 1.05 bits per heavy atom. The Morgan fingerprint density at radius 2 is 0.732 bits per heavy atom. The van der Waals surface area contributed by atoms with Gasteiger partial charge in [-0.1, -0.05) is 175 Å². The van der Waals surface area contributed by atoms with Gasteiger partial charge in [-0.05, 0) is 19.3 Å². The molecule has 0 bridgehead atoms. The van der Waals surface area contributed by atoms with Crippen LogP contribution < -0.4 is 0 Å². The SMILES string of the molecule is CCCCCCCCCCCCCCC(O)CN(CCOCCC)CC(O)CCCCCCCCCCCCCC. The molecule has 0 radical (unpaired) electrons. The van der Waals surface area contributed by atoms with Crippen molar-refractivity contribution in [3.05, 3.63) is 0 Å². The first-order valence-corrected chi connectivity index (χ1v) is 18.8. The maximum Gasteiger partial charge on any atom is 0.0667 e. The molecule has 0 saturated carbocycles. The van der Waals surface area contributed by atoms with Gasteiger partial charge in [0.25, 0.3) is 0 Å². The highest BCUT2D eigenvalue weighted by Crippen LogP contribution is 2.15. The van der Waals surface area contributed by atoms with Gasteiger partial charge in [0.1, 0.15) is 0 Å². The number of hydrogen-bond donors (Lipinski definition) is 2. The zero-order valence-corrected chi connectivity index (χ0v) is 28.5. The Morgan fingerprint density at radius 1 is 0.415 bits per heavy atom. The summed E-state index contributed by atoms with van der Waals surface area (Å²) in [7, 11) is 0. The molecule has 248 valence electrons. The van der Waals surface area contributed by atoms with Gasteiger partial charge >= 0.3 is 0 Å². The van der Waals surface area contributed by atoms with Gasteiger partial charge in [-0.2, -0.15) is 0 Å². The van der Waals surface area contributed by atoms with E-state index < -0.39 is 0 Å². The second kappa shape index (κ2) is 34.3. The molecule has 0 aromatic carbocycles. The smallest absolute Gasteiger partial charge is 0.0667 e. The molecule has 0 amide bonds. The molecule has 0 heterocycles. The summed E-state index contributed by atoms with van der Waals surface area (Å²) in [4.78, 5) is 2.24. The lowest BCUT2D eigenvalue weighted by Gasteiger charge is -2.27. The number of rotatable bonds is 35. The molecule has 0 aromatic heterocycles. The molecular formula is C37H77NO3. The average molecular weight is 584 g/mol. The maximum absolute atomic E-state index is 10.7. The summed E-state index contributed by atoms with van der Waals surface area (Å²) in [5, 5.41) is 21.4. The summed E-state index contributed by atoms with van der Waals surface area (Å²) < 4.78 is 5.73. The van der Waals surface area contributed by atoms with Crippen LogP contribution in [0.5, 0.6) is 0 Å². The molecule has 0 aliphatic rings. The van der Waals surface area contributed by atoms with Crippen molar-refractivity contribution in [1.29, 1.82) is 0 Å². The van der Waals surface area contributed by atoms with E-state index in [1.807, 2.05) is 0 Å². The normalized spacial score (nSPS) is 13.3. The molecular weight excluding hydrogens is 506 g/mol. The third kappa shape index (κ3) is 32.6. The fourth-order valence-electron chi connectivity index (χ4n) is 5.92. The Kier molecular flexibility index (Phi) is 34.2. The largest absolute Gasteiger partial charge is 0.392 e. The molecule has 0 aromatic rings. The van der Waals surface area contributed by atoms with E-state index in [0.717, 1.165) is 45.3 Å². The van der Waals surface area contributed by atoms with Crippen molar-refractivity contribution in [2.75, 3.05) is 32.8 Å². The summed E-state index contributed by atoms with van der Waals surface area (Å²) in [6.45, 7) is 10.3. The minimum atomic E-state index is -0.303. The van der Waals surface area contributed by atoms with E-state index in [4.69, 9.17) is 4.74 Å². The van der Waals surface area contributed by atoms with Gasteiger partial charge in [0, 0.05) is 26.2 Å². The second-order valence-electron chi connectivity index (χ2n) is 13.0. The van der Waals surface area contributed by atoms with Crippen LogP contribution in [0.4, 0.5) is 0 Å². The van der Waals surface area contributed by atoms with Crippen molar-refractivity contribution >= 4 is 0 Å². The van der Waals surface area contributed by atoms with E-state index in [9.17, 15) is 10.2 Å². The lowest BCUT2D eigenvalue weighted by atomic mass is 10.0. The summed E-state index contributed by atoms with van der Waals surface area (Å²) in [5.74, 6) is 0. The Bertz CT molecular complexity index is 439. The highest BCUT2D eigenvalue weighted by atomic mass is 16.5. The molecule has 0 spiro atoms. The summed E-state index contributed by atoms with van der Waals surface area (Å²) >= 11 is 0. The molecule has 2 unspecified atom stereocenters. The number of aliphatic hydroxyl groups is 2. The third-order valence-corrected chi connectivity index (χ3v) is 8.62. The zero-order valence-electron chi connectivity index (χ0n) is 28.5. The lowest BCUT2D eigenvalue weighted by Crippen LogP contribution is -2.40. The van der Waals surface area contributed by atoms with Crippen LogP contribution in [0.2, 0.25) is 0 Å². The summed E-state index contributed by atoms with van der Waals surface area (Å²) in [6, 6.07) is 0. The summed E-state index contributed by atoms with van der Waals surface area (Å²) in [6.07, 6.45) is 34.5. The van der Waals surface area contributed by atoms with Gasteiger partial charge < -0.3 is 14.9 Å². The van der Waals surface area contributed by atoms with Crippen LogP contribution in [0.3, 0.4) is 0 Å². The van der Waals surface area contributed by atoms with Gasteiger partial charge in [-0.3, -0.25) is 4.90 Å². The van der Waals surface area contributed by atoms with Gasteiger partial charge in [0.2, 0.25) is 0 Å². The van der Waals surface area contributed by atoms with Crippen molar-refractivity contribution in [3.63, 3.8) is 0 Å². The molecule has 0 aliphatic heterocycles. The van der Waals surface area contributed by atoms with E-state index in [1.54, 1.807) is 0 Å². The topological polar surface area (TPSA) is 52.9 Å². The van der Waals surface area contributed by atoms with E-state index in [2.05, 4.69) is 25.7 Å². The Hall–Kier alpha value is -0.160. The summed E-state index contributed by atoms with van der Waals surface area (Å²) in [5.41, 5.74) is 0. The van der Waals surface area contributed by atoms with Crippen molar-refractivity contribution in [2.45, 2.75) is 206 Å². The second-order valence-corrected chi connectivity index (χ2v) is 13.0. The molecule has 4 nitrogen and oxygen atoms in total. The minimum absolute atomic E-state index is 0.303. The van der Waals surface area contributed by atoms with Crippen molar-refractivity contribution in [3.8, 4) is 0 Å². The van der Waals surface area contributed by atoms with Crippen LogP contribution in [-0.4, -0.2) is 60.2 Å². The number of hydrogen-bond acceptors (Lipinski definition) is 4.